The monoisotopic (exact) mass is 275 g/mol. The molecule has 0 aromatic carbocycles. The summed E-state index contributed by atoms with van der Waals surface area (Å²) >= 11 is 2.22. The van der Waals surface area contributed by atoms with Crippen LogP contribution in [0.2, 0.25) is 0 Å². The van der Waals surface area contributed by atoms with Gasteiger partial charge in [-0.15, -0.1) is 0 Å². The Hall–Kier alpha value is -0.390. The lowest BCUT2D eigenvalue weighted by Crippen LogP contribution is -2.20. The Bertz CT molecular complexity index is 254. The second-order valence-corrected chi connectivity index (χ2v) is 4.14. The first-order valence-electron chi connectivity index (χ1n) is 4.09. The van der Waals surface area contributed by atoms with Crippen LogP contribution in [0.15, 0.2) is 12.4 Å². The second kappa shape index (κ2) is 3.55. The van der Waals surface area contributed by atoms with E-state index < -0.39 is 0 Å². The van der Waals surface area contributed by atoms with E-state index in [1.165, 1.54) is 12.8 Å². The summed E-state index contributed by atoms with van der Waals surface area (Å²) in [5.41, 5.74) is 0. The lowest BCUT2D eigenvalue weighted by molar-refractivity contribution is 0.896. The van der Waals surface area contributed by atoms with Gasteiger partial charge >= 0.3 is 0 Å². The highest BCUT2D eigenvalue weighted by atomic mass is 127. The first-order valence-corrected chi connectivity index (χ1v) is 5.16. The molecule has 0 atom stereocenters. The van der Waals surface area contributed by atoms with Gasteiger partial charge in [0.1, 0.15) is 0 Å². The van der Waals surface area contributed by atoms with Crippen LogP contribution in [0.1, 0.15) is 12.8 Å². The van der Waals surface area contributed by atoms with Crippen molar-refractivity contribution < 1.29 is 0 Å². The summed E-state index contributed by atoms with van der Waals surface area (Å²) in [6.45, 7) is 2.22. The van der Waals surface area contributed by atoms with Gasteiger partial charge in [-0.05, 0) is 35.4 Å². The normalized spacial score (nSPS) is 16.9. The van der Waals surface area contributed by atoms with Crippen LogP contribution in [-0.2, 0) is 0 Å². The highest BCUT2D eigenvalue weighted by Crippen LogP contribution is 2.14. The van der Waals surface area contributed by atoms with Gasteiger partial charge in [0, 0.05) is 29.1 Å². The maximum Gasteiger partial charge on any atom is 0.225 e. The summed E-state index contributed by atoms with van der Waals surface area (Å²) in [6, 6.07) is 0. The Morgan fingerprint density at radius 2 is 1.75 bits per heavy atom. The SMILES string of the molecule is Ic1cnc(N2CCCC2)nc1. The van der Waals surface area contributed by atoms with Gasteiger partial charge in [-0.3, -0.25) is 0 Å². The van der Waals surface area contributed by atoms with Crippen molar-refractivity contribution in [2.24, 2.45) is 0 Å². The van der Waals surface area contributed by atoms with Gasteiger partial charge in [-0.1, -0.05) is 0 Å². The fourth-order valence-corrected chi connectivity index (χ4v) is 1.66. The predicted octanol–water partition coefficient (Wildman–Crippen LogP) is 1.68. The van der Waals surface area contributed by atoms with Crippen LogP contribution in [0.25, 0.3) is 0 Å². The first kappa shape index (κ1) is 8.22. The zero-order chi connectivity index (χ0) is 8.39. The molecule has 2 heterocycles. The van der Waals surface area contributed by atoms with E-state index in [0.717, 1.165) is 22.6 Å². The molecule has 1 aromatic rings. The molecule has 1 fully saturated rings. The van der Waals surface area contributed by atoms with Gasteiger partial charge in [0.15, 0.2) is 0 Å². The first-order chi connectivity index (χ1) is 5.86. The predicted molar refractivity (Wildman–Crippen MR) is 56.2 cm³/mol. The van der Waals surface area contributed by atoms with Crippen molar-refractivity contribution in [3.63, 3.8) is 0 Å². The fourth-order valence-electron chi connectivity index (χ4n) is 1.39. The van der Waals surface area contributed by atoms with Crippen LogP contribution in [0.5, 0.6) is 0 Å². The van der Waals surface area contributed by atoms with E-state index in [1.807, 2.05) is 12.4 Å². The summed E-state index contributed by atoms with van der Waals surface area (Å²) in [5.74, 6) is 0.882. The highest BCUT2D eigenvalue weighted by molar-refractivity contribution is 14.1. The van der Waals surface area contributed by atoms with E-state index in [0.29, 0.717) is 0 Å². The van der Waals surface area contributed by atoms with E-state index >= 15 is 0 Å². The largest absolute Gasteiger partial charge is 0.341 e. The van der Waals surface area contributed by atoms with Crippen molar-refractivity contribution in [1.82, 2.24) is 9.97 Å². The number of nitrogens with zero attached hydrogens (tertiary/aromatic N) is 3. The quantitative estimate of drug-likeness (QED) is 0.730. The van der Waals surface area contributed by atoms with Crippen molar-refractivity contribution in [3.05, 3.63) is 16.0 Å². The van der Waals surface area contributed by atoms with Gasteiger partial charge in [0.25, 0.3) is 0 Å². The Kier molecular flexibility index (Phi) is 2.43. The molecule has 0 spiro atoms. The van der Waals surface area contributed by atoms with Gasteiger partial charge in [0.05, 0.1) is 0 Å². The molecule has 1 aliphatic heterocycles. The number of aromatic nitrogens is 2. The molecule has 2 rings (SSSR count). The molecule has 12 heavy (non-hydrogen) atoms. The standard InChI is InChI=1S/C8H10IN3/c9-7-5-10-8(11-6-7)12-3-1-2-4-12/h5-6H,1-4H2. The van der Waals surface area contributed by atoms with Crippen molar-refractivity contribution in [2.45, 2.75) is 12.8 Å². The minimum absolute atomic E-state index is 0.882. The van der Waals surface area contributed by atoms with Crippen molar-refractivity contribution in [3.8, 4) is 0 Å². The Morgan fingerprint density at radius 1 is 1.17 bits per heavy atom. The van der Waals surface area contributed by atoms with E-state index in [4.69, 9.17) is 0 Å². The van der Waals surface area contributed by atoms with Gasteiger partial charge in [-0.2, -0.15) is 0 Å². The smallest absolute Gasteiger partial charge is 0.225 e. The maximum absolute atomic E-state index is 4.27. The Morgan fingerprint density at radius 3 is 2.33 bits per heavy atom. The number of rotatable bonds is 1. The maximum atomic E-state index is 4.27. The van der Waals surface area contributed by atoms with Gasteiger partial charge in [0.2, 0.25) is 5.95 Å². The molecular formula is C8H10IN3. The number of hydrogen-bond acceptors (Lipinski definition) is 3. The lowest BCUT2D eigenvalue weighted by atomic mass is 10.4. The number of anilines is 1. The Balaban J connectivity index is 2.17. The lowest BCUT2D eigenvalue weighted by Gasteiger charge is -2.13. The van der Waals surface area contributed by atoms with E-state index in [-0.39, 0.29) is 0 Å². The van der Waals surface area contributed by atoms with Gasteiger partial charge in [-0.25, -0.2) is 9.97 Å². The summed E-state index contributed by atoms with van der Waals surface area (Å²) in [7, 11) is 0. The molecule has 1 aliphatic rings. The molecule has 1 saturated heterocycles. The van der Waals surface area contributed by atoms with Crippen LogP contribution < -0.4 is 4.90 Å². The zero-order valence-corrected chi connectivity index (χ0v) is 8.86. The molecule has 4 heteroatoms. The van der Waals surface area contributed by atoms with Crippen LogP contribution in [0.3, 0.4) is 0 Å². The minimum atomic E-state index is 0.882. The average molecular weight is 275 g/mol. The molecule has 0 saturated carbocycles. The zero-order valence-electron chi connectivity index (χ0n) is 6.70. The molecule has 0 unspecified atom stereocenters. The third kappa shape index (κ3) is 1.68. The van der Waals surface area contributed by atoms with E-state index in [2.05, 4.69) is 37.5 Å². The van der Waals surface area contributed by atoms with E-state index in [1.54, 1.807) is 0 Å². The van der Waals surface area contributed by atoms with Gasteiger partial charge < -0.3 is 4.90 Å². The highest BCUT2D eigenvalue weighted by Gasteiger charge is 2.13. The van der Waals surface area contributed by atoms with Crippen molar-refractivity contribution >= 4 is 28.5 Å². The molecule has 0 amide bonds. The molecule has 1 aromatic heterocycles. The number of halogens is 1. The molecular weight excluding hydrogens is 265 g/mol. The van der Waals surface area contributed by atoms with Crippen molar-refractivity contribution in [1.29, 1.82) is 0 Å². The van der Waals surface area contributed by atoms with Crippen LogP contribution in [0.4, 0.5) is 5.95 Å². The van der Waals surface area contributed by atoms with Crippen LogP contribution in [-0.4, -0.2) is 23.1 Å². The third-order valence-corrected chi connectivity index (χ3v) is 2.55. The molecule has 0 radical (unpaired) electrons. The molecule has 3 nitrogen and oxygen atoms in total. The summed E-state index contributed by atoms with van der Waals surface area (Å²) in [5, 5.41) is 0. The summed E-state index contributed by atoms with van der Waals surface area (Å²) < 4.78 is 1.09. The topological polar surface area (TPSA) is 29.0 Å². The minimum Gasteiger partial charge on any atom is -0.341 e. The average Bonchev–Trinajstić information content (AvgIpc) is 2.58. The second-order valence-electron chi connectivity index (χ2n) is 2.90. The fraction of sp³-hybridized carbons (Fsp3) is 0.500. The van der Waals surface area contributed by atoms with Crippen LogP contribution >= 0.6 is 22.6 Å². The number of hydrogen-bond donors (Lipinski definition) is 0. The Labute approximate surface area is 85.3 Å². The molecule has 0 N–H and O–H groups in total. The molecule has 0 aliphatic carbocycles. The third-order valence-electron chi connectivity index (χ3n) is 2.00. The molecule has 0 bridgehead atoms. The molecule has 64 valence electrons. The summed E-state index contributed by atoms with van der Waals surface area (Å²) in [6.07, 6.45) is 6.27. The summed E-state index contributed by atoms with van der Waals surface area (Å²) in [4.78, 5) is 10.8. The van der Waals surface area contributed by atoms with Crippen LogP contribution in [0, 0.1) is 3.57 Å². The van der Waals surface area contributed by atoms with Crippen molar-refractivity contribution in [2.75, 3.05) is 18.0 Å². The van der Waals surface area contributed by atoms with E-state index in [9.17, 15) is 0 Å².